The molecule has 0 aliphatic heterocycles. The van der Waals surface area contributed by atoms with E-state index >= 15 is 0 Å². The summed E-state index contributed by atoms with van der Waals surface area (Å²) in [7, 11) is 1.55. The minimum absolute atomic E-state index is 0.0211. The Morgan fingerprint density at radius 1 is 0.304 bits per heavy atom. The fraction of sp³-hybridized carbons (Fsp3) is 0.0263. The van der Waals surface area contributed by atoms with Crippen LogP contribution in [0.5, 0.6) is 51.7 Å². The quantitative estimate of drug-likeness (QED) is 0.0543. The first-order valence-corrected chi connectivity index (χ1v) is 28.8. The van der Waals surface area contributed by atoms with Crippen LogP contribution in [0.25, 0.3) is 43.1 Å². The van der Waals surface area contributed by atoms with Crippen molar-refractivity contribution in [2.45, 2.75) is 6.92 Å². The van der Waals surface area contributed by atoms with Gasteiger partial charge in [-0.2, -0.15) is 0 Å². The summed E-state index contributed by atoms with van der Waals surface area (Å²) in [6, 6.07) is 77.8. The van der Waals surface area contributed by atoms with E-state index in [0.717, 1.165) is 32.5 Å². The van der Waals surface area contributed by atoms with Gasteiger partial charge in [-0.3, -0.25) is 19.2 Å². The number of carbonyl (C=O) groups is 4. The van der Waals surface area contributed by atoms with Gasteiger partial charge in [0.1, 0.15) is 46.0 Å². The van der Waals surface area contributed by atoms with Gasteiger partial charge in [-0.05, 0) is 130 Å². The molecule has 16 heteroatoms. The van der Waals surface area contributed by atoms with Gasteiger partial charge in [0.15, 0.2) is 5.75 Å². The van der Waals surface area contributed by atoms with Crippen molar-refractivity contribution >= 4 is 89.5 Å². The van der Waals surface area contributed by atoms with Gasteiger partial charge >= 0.3 is 0 Å². The molecule has 13 rings (SSSR count). The van der Waals surface area contributed by atoms with E-state index in [1.54, 1.807) is 122 Å². The first-order chi connectivity index (χ1) is 44.6. The zero-order valence-corrected chi connectivity index (χ0v) is 49.5. The number of hydrogen-bond donors (Lipinski definition) is 10. The van der Waals surface area contributed by atoms with Crippen molar-refractivity contribution in [2.75, 3.05) is 28.4 Å². The fourth-order valence-corrected chi connectivity index (χ4v) is 9.84. The summed E-state index contributed by atoms with van der Waals surface area (Å²) in [4.78, 5) is 49.8. The van der Waals surface area contributed by atoms with E-state index in [1.807, 2.05) is 146 Å². The summed E-state index contributed by atoms with van der Waals surface area (Å²) in [6.07, 6.45) is 0. The first kappa shape index (κ1) is 62.2. The number of ether oxygens (including phenoxy) is 2. The number of phenolic OH excluding ortho intramolecular Hbond substituents is 6. The monoisotopic (exact) mass is 1220 g/mol. The predicted octanol–water partition coefficient (Wildman–Crippen LogP) is 16.7. The number of hydrogen-bond acceptors (Lipinski definition) is 12. The maximum absolute atomic E-state index is 12.8. The highest BCUT2D eigenvalue weighted by molar-refractivity contribution is 6.13. The number of methoxy groups -OCH3 is 1. The first-order valence-electron chi connectivity index (χ1n) is 28.8. The molecule has 0 saturated heterocycles. The summed E-state index contributed by atoms with van der Waals surface area (Å²) in [5.41, 5.74) is 3.47. The molecule has 13 aromatic rings. The van der Waals surface area contributed by atoms with Crippen LogP contribution < -0.4 is 30.7 Å². The average Bonchev–Trinajstić information content (AvgIpc) is 0.924. The molecule has 0 aliphatic carbocycles. The van der Waals surface area contributed by atoms with Crippen molar-refractivity contribution in [1.29, 1.82) is 0 Å². The molecule has 0 radical (unpaired) electrons. The largest absolute Gasteiger partial charge is 0.507 e. The van der Waals surface area contributed by atoms with Crippen molar-refractivity contribution in [3.8, 4) is 51.7 Å². The number of para-hydroxylation sites is 7. The third-order valence-electron chi connectivity index (χ3n) is 14.6. The lowest BCUT2D eigenvalue weighted by molar-refractivity contribution is 0.101. The Balaban J connectivity index is 0.000000135. The van der Waals surface area contributed by atoms with Crippen LogP contribution in [0.2, 0.25) is 0 Å². The Hall–Kier alpha value is -12.8. The molecule has 0 heterocycles. The summed E-state index contributed by atoms with van der Waals surface area (Å²) < 4.78 is 11.1. The van der Waals surface area contributed by atoms with Crippen molar-refractivity contribution < 1.29 is 59.3 Å². The Morgan fingerprint density at radius 3 is 1.14 bits per heavy atom. The average molecular weight is 1220 g/mol. The number of amides is 4. The van der Waals surface area contributed by atoms with Crippen LogP contribution in [0.4, 0.5) is 22.7 Å². The molecule has 0 spiro atoms. The van der Waals surface area contributed by atoms with Gasteiger partial charge in [-0.25, -0.2) is 0 Å². The number of benzene rings is 13. The highest BCUT2D eigenvalue weighted by atomic mass is 16.5. The van der Waals surface area contributed by atoms with Gasteiger partial charge in [0.25, 0.3) is 23.6 Å². The number of phenols is 6. The van der Waals surface area contributed by atoms with E-state index in [4.69, 9.17) is 9.47 Å². The van der Waals surface area contributed by atoms with Gasteiger partial charge in [0.05, 0.1) is 52.1 Å². The lowest BCUT2D eigenvalue weighted by Gasteiger charge is -2.13. The molecule has 0 unspecified atom stereocenters. The van der Waals surface area contributed by atoms with Crippen molar-refractivity contribution in [2.24, 2.45) is 0 Å². The van der Waals surface area contributed by atoms with Crippen LogP contribution in [0.3, 0.4) is 0 Å². The fourth-order valence-electron chi connectivity index (χ4n) is 9.84. The van der Waals surface area contributed by atoms with E-state index in [-0.39, 0.29) is 62.7 Å². The maximum Gasteiger partial charge on any atom is 0.259 e. The third-order valence-corrected chi connectivity index (χ3v) is 14.6. The van der Waals surface area contributed by atoms with Crippen molar-refractivity contribution in [1.82, 2.24) is 0 Å². The third kappa shape index (κ3) is 14.8. The Morgan fingerprint density at radius 2 is 0.674 bits per heavy atom. The number of aromatic hydroxyl groups is 6. The molecule has 0 saturated carbocycles. The molecule has 456 valence electrons. The van der Waals surface area contributed by atoms with Crippen LogP contribution in [0.1, 0.15) is 47.0 Å². The molecule has 10 N–H and O–H groups in total. The van der Waals surface area contributed by atoms with Crippen molar-refractivity contribution in [3.63, 3.8) is 0 Å². The summed E-state index contributed by atoms with van der Waals surface area (Å²) in [5.74, 6) is -0.215. The number of anilines is 4. The van der Waals surface area contributed by atoms with E-state index in [2.05, 4.69) is 21.3 Å². The number of fused-ring (bicyclic) bond motifs is 4. The number of nitrogens with one attached hydrogen (secondary N) is 4. The second-order valence-electron chi connectivity index (χ2n) is 20.7. The van der Waals surface area contributed by atoms with Crippen LogP contribution in [0.15, 0.2) is 267 Å². The highest BCUT2D eigenvalue weighted by Gasteiger charge is 2.20. The van der Waals surface area contributed by atoms with Gasteiger partial charge < -0.3 is 61.4 Å². The lowest BCUT2D eigenvalue weighted by atomic mass is 10.0. The highest BCUT2D eigenvalue weighted by Crippen LogP contribution is 2.36. The van der Waals surface area contributed by atoms with Gasteiger partial charge in [0.2, 0.25) is 0 Å². The molecule has 0 fully saturated rings. The Kier molecular flexibility index (Phi) is 19.5. The molecular weight excluding hydrogens is 1160 g/mol. The molecule has 16 nitrogen and oxygen atoms in total. The Bertz CT molecular complexity index is 4800. The molecule has 0 aromatic heterocycles. The van der Waals surface area contributed by atoms with Crippen LogP contribution in [-0.4, -0.2) is 61.4 Å². The van der Waals surface area contributed by atoms with Gasteiger partial charge in [-0.1, -0.05) is 176 Å². The number of aryl methyl sites for hydroxylation is 1. The second-order valence-corrected chi connectivity index (χ2v) is 20.7. The summed E-state index contributed by atoms with van der Waals surface area (Å²) in [6.45, 7) is 1.93. The normalized spacial score (nSPS) is 10.5. The molecule has 4 amide bonds. The zero-order valence-electron chi connectivity index (χ0n) is 49.5. The molecule has 0 atom stereocenters. The van der Waals surface area contributed by atoms with E-state index in [0.29, 0.717) is 56.2 Å². The SMILES string of the molecule is COc1ccc(C)cc1NC(=O)c1ccc2ccccc2c1O.O=C(Nc1ccccc1O)c1cc2ccccc2cc1O.O=C(Nc1ccccc1O)c1ccc2ccccc2c1O.O=C(Nc1ccccc1Oc1ccccc1)c1ccc2ccccc2c1O. The van der Waals surface area contributed by atoms with Gasteiger partial charge in [0, 0.05) is 16.2 Å². The minimum atomic E-state index is -0.472. The standard InChI is InChI=1S/C23H17NO3.C19H17NO3.2C17H13NO3/c25-22-18-11-5-4-8-16(18)14-15-19(22)23(26)24-20-12-6-7-13-21(20)27-17-9-2-1-3-10-17;1-12-7-10-17(23-2)16(11-12)20-19(22)15-9-8-13-5-3-4-6-14(13)18(15)21;19-15-8-4-3-7-14(15)18-17(21)13-9-11-5-1-2-6-12(11)10-16(13)20;19-15-8-4-3-7-14(15)18-17(21)13-10-9-11-5-1-2-6-12(11)16(13)20/h1-15,25H,(H,24,26);3-11,21H,1-2H3,(H,20,22);2*1-10,19-20H,(H,18,21). The molecule has 0 bridgehead atoms. The van der Waals surface area contributed by atoms with E-state index in [9.17, 15) is 49.8 Å². The predicted molar refractivity (Wildman–Crippen MR) is 361 cm³/mol. The molecule has 0 aliphatic rings. The van der Waals surface area contributed by atoms with Crippen LogP contribution in [0, 0.1) is 6.92 Å². The summed E-state index contributed by atoms with van der Waals surface area (Å²) in [5, 5.41) is 77.5. The zero-order chi connectivity index (χ0) is 64.7. The lowest BCUT2D eigenvalue weighted by Crippen LogP contribution is -2.13. The van der Waals surface area contributed by atoms with Gasteiger partial charge in [-0.15, -0.1) is 0 Å². The van der Waals surface area contributed by atoms with E-state index < -0.39 is 17.7 Å². The Labute approximate surface area is 528 Å². The summed E-state index contributed by atoms with van der Waals surface area (Å²) >= 11 is 0. The maximum atomic E-state index is 12.8. The molecular formula is C76H60N4O12. The second kappa shape index (κ2) is 28.8. The van der Waals surface area contributed by atoms with Crippen molar-refractivity contribution in [3.05, 3.63) is 295 Å². The van der Waals surface area contributed by atoms with E-state index in [1.165, 1.54) is 12.1 Å². The van der Waals surface area contributed by atoms with Crippen LogP contribution in [-0.2, 0) is 0 Å². The molecule has 13 aromatic carbocycles. The minimum Gasteiger partial charge on any atom is -0.507 e. The topological polar surface area (TPSA) is 256 Å². The smallest absolute Gasteiger partial charge is 0.259 e. The molecule has 92 heavy (non-hydrogen) atoms. The number of carbonyl (C=O) groups excluding carboxylic acids is 4. The van der Waals surface area contributed by atoms with Crippen LogP contribution >= 0.6 is 0 Å². The number of rotatable bonds is 11.